The number of nitrogens with one attached hydrogen (secondary N) is 2. The van der Waals surface area contributed by atoms with E-state index in [0.29, 0.717) is 32.2 Å². The topological polar surface area (TPSA) is 156 Å². The number of nitrogens with zero attached hydrogens (tertiary/aromatic N) is 4. The molecule has 1 heterocycles. The van der Waals surface area contributed by atoms with Crippen LogP contribution in [0.5, 0.6) is 0 Å². The maximum Gasteiger partial charge on any atom is 0.407 e. The van der Waals surface area contributed by atoms with Crippen molar-refractivity contribution in [2.24, 2.45) is 17.6 Å². The lowest BCUT2D eigenvalue weighted by molar-refractivity contribution is -0.130. The summed E-state index contributed by atoms with van der Waals surface area (Å²) < 4.78 is 21.3. The average molecular weight is 645 g/mol. The third-order valence-corrected chi connectivity index (χ3v) is 7.52. The fourth-order valence-electron chi connectivity index (χ4n) is 4.97. The van der Waals surface area contributed by atoms with Crippen LogP contribution in [0.4, 0.5) is 14.9 Å². The number of rotatable bonds is 8. The summed E-state index contributed by atoms with van der Waals surface area (Å²) in [5, 5.41) is 16.1. The summed E-state index contributed by atoms with van der Waals surface area (Å²) in [4.78, 5) is 40.7. The molecule has 3 aromatic rings. The van der Waals surface area contributed by atoms with Crippen molar-refractivity contribution >= 4 is 39.5 Å². The van der Waals surface area contributed by atoms with Crippen LogP contribution in [0.1, 0.15) is 52.0 Å². The third kappa shape index (κ3) is 8.19. The van der Waals surface area contributed by atoms with Crippen LogP contribution in [0.3, 0.4) is 0 Å². The minimum atomic E-state index is -1.04. The molecule has 224 valence electrons. The van der Waals surface area contributed by atoms with Crippen molar-refractivity contribution in [3.63, 3.8) is 0 Å². The van der Waals surface area contributed by atoms with E-state index in [-0.39, 0.29) is 29.4 Å². The molecule has 13 heteroatoms. The Morgan fingerprint density at radius 2 is 1.90 bits per heavy atom. The van der Waals surface area contributed by atoms with E-state index in [9.17, 15) is 14.4 Å². The van der Waals surface area contributed by atoms with Gasteiger partial charge in [0.25, 0.3) is 5.91 Å². The molecule has 0 unspecified atom stereocenters. The molecule has 0 saturated heterocycles. The molecular weight excluding hydrogens is 609 g/mol. The number of halogens is 2. The first-order valence-electron chi connectivity index (χ1n) is 13.8. The van der Waals surface area contributed by atoms with E-state index < -0.39 is 41.3 Å². The second-order valence-electron chi connectivity index (χ2n) is 11.5. The number of hydrogen-bond acceptors (Lipinski definition) is 8. The molecule has 3 amide bonds. The quantitative estimate of drug-likeness (QED) is 0.323. The van der Waals surface area contributed by atoms with E-state index in [1.807, 2.05) is 24.3 Å². The molecule has 1 aliphatic rings. The van der Waals surface area contributed by atoms with Gasteiger partial charge in [-0.15, -0.1) is 10.2 Å². The number of alkyl carbamates (subject to hydrolysis) is 1. The summed E-state index contributed by atoms with van der Waals surface area (Å²) in [6.45, 7) is 5.82. The van der Waals surface area contributed by atoms with Crippen LogP contribution in [0.25, 0.3) is 11.4 Å². The van der Waals surface area contributed by atoms with Crippen molar-refractivity contribution in [3.8, 4) is 11.4 Å². The van der Waals surface area contributed by atoms with Crippen molar-refractivity contribution in [2.75, 3.05) is 11.4 Å². The molecule has 0 bridgehead atoms. The highest BCUT2D eigenvalue weighted by molar-refractivity contribution is 9.10. The van der Waals surface area contributed by atoms with Gasteiger partial charge in [0, 0.05) is 16.9 Å². The Hall–Kier alpha value is -3.71. The van der Waals surface area contributed by atoms with Gasteiger partial charge in [0.05, 0.1) is 17.3 Å². The first kappa shape index (κ1) is 31.2. The molecular formula is C29H35BrFN7O4. The summed E-state index contributed by atoms with van der Waals surface area (Å²) in [6.07, 6.45) is 2.06. The summed E-state index contributed by atoms with van der Waals surface area (Å²) in [7, 11) is 0. The standard InChI is InChI=1S/C29H35BrFN7O4/c1-29(2,3)42-28(41)33-16-17-7-9-19(10-8-17)26(39)38(27(40)24(32)14-18-5-4-6-20(30)13-18)21-11-12-22(23(31)15-21)25-34-36-37-35-25/h4-6,11-13,15,17,19,24H,7-10,14,16,32H2,1-3H3,(H,33,41)(H,34,35,36,37)/t17?,19?,24-/m0/s1. The highest BCUT2D eigenvalue weighted by atomic mass is 79.9. The summed E-state index contributed by atoms with van der Waals surface area (Å²) >= 11 is 3.42. The molecule has 1 fully saturated rings. The fourth-order valence-corrected chi connectivity index (χ4v) is 5.42. The van der Waals surface area contributed by atoms with Crippen molar-refractivity contribution in [3.05, 3.63) is 58.3 Å². The second kappa shape index (κ2) is 13.5. The van der Waals surface area contributed by atoms with Gasteiger partial charge in [-0.1, -0.05) is 28.1 Å². The number of ether oxygens (including phenoxy) is 1. The molecule has 11 nitrogen and oxygen atoms in total. The van der Waals surface area contributed by atoms with Crippen molar-refractivity contribution < 1.29 is 23.5 Å². The summed E-state index contributed by atoms with van der Waals surface area (Å²) in [6, 6.07) is 10.3. The lowest BCUT2D eigenvalue weighted by Crippen LogP contribution is -2.50. The van der Waals surface area contributed by atoms with Crippen molar-refractivity contribution in [1.82, 2.24) is 25.9 Å². The SMILES string of the molecule is CC(C)(C)OC(=O)NCC1CCC(C(=O)N(C(=O)[C@@H](N)Cc2cccc(Br)c2)c2ccc(-c3nn[nH]n3)c(F)c2)CC1. The zero-order chi connectivity index (χ0) is 30.4. The van der Waals surface area contributed by atoms with Crippen LogP contribution in [-0.2, 0) is 20.7 Å². The lowest BCUT2D eigenvalue weighted by Gasteiger charge is -2.32. The third-order valence-electron chi connectivity index (χ3n) is 7.03. The molecule has 0 radical (unpaired) electrons. The number of anilines is 1. The Labute approximate surface area is 251 Å². The summed E-state index contributed by atoms with van der Waals surface area (Å²) in [5.74, 6) is -2.03. The monoisotopic (exact) mass is 643 g/mol. The minimum Gasteiger partial charge on any atom is -0.444 e. The van der Waals surface area contributed by atoms with Crippen LogP contribution >= 0.6 is 15.9 Å². The van der Waals surface area contributed by atoms with Gasteiger partial charge in [0.1, 0.15) is 11.4 Å². The number of aromatic nitrogens is 4. The molecule has 0 spiro atoms. The largest absolute Gasteiger partial charge is 0.444 e. The highest BCUT2D eigenvalue weighted by Crippen LogP contribution is 2.33. The van der Waals surface area contributed by atoms with Gasteiger partial charge in [-0.05, 0) is 99.9 Å². The summed E-state index contributed by atoms with van der Waals surface area (Å²) in [5.41, 5.74) is 6.72. The predicted octanol–water partition coefficient (Wildman–Crippen LogP) is 4.53. The number of amides is 3. The van der Waals surface area contributed by atoms with Crippen molar-refractivity contribution in [2.45, 2.75) is 64.5 Å². The van der Waals surface area contributed by atoms with E-state index >= 15 is 4.39 Å². The number of H-pyrrole nitrogens is 1. The molecule has 1 aliphatic carbocycles. The number of carbonyl (C=O) groups excluding carboxylic acids is 3. The Balaban J connectivity index is 1.50. The molecule has 0 aliphatic heterocycles. The smallest absolute Gasteiger partial charge is 0.407 e. The predicted molar refractivity (Wildman–Crippen MR) is 158 cm³/mol. The number of aromatic amines is 1. The van der Waals surface area contributed by atoms with Gasteiger partial charge in [0.2, 0.25) is 11.7 Å². The number of benzene rings is 2. The van der Waals surface area contributed by atoms with E-state index in [1.54, 1.807) is 20.8 Å². The van der Waals surface area contributed by atoms with Gasteiger partial charge in [-0.25, -0.2) is 14.1 Å². The maximum absolute atomic E-state index is 15.2. The normalized spacial score (nSPS) is 17.8. The van der Waals surface area contributed by atoms with Gasteiger partial charge >= 0.3 is 6.09 Å². The zero-order valence-electron chi connectivity index (χ0n) is 23.8. The fraction of sp³-hybridized carbons (Fsp3) is 0.448. The van der Waals surface area contributed by atoms with E-state index in [1.165, 1.54) is 12.1 Å². The lowest BCUT2D eigenvalue weighted by atomic mass is 9.81. The first-order valence-corrected chi connectivity index (χ1v) is 14.6. The zero-order valence-corrected chi connectivity index (χ0v) is 25.4. The Kier molecular flexibility index (Phi) is 10.0. The second-order valence-corrected chi connectivity index (χ2v) is 12.4. The Morgan fingerprint density at radius 1 is 1.17 bits per heavy atom. The van der Waals surface area contributed by atoms with E-state index in [2.05, 4.69) is 41.9 Å². The number of hydrogen-bond donors (Lipinski definition) is 3. The molecule has 4 N–H and O–H groups in total. The molecule has 4 rings (SSSR count). The molecule has 1 aromatic heterocycles. The van der Waals surface area contributed by atoms with Crippen LogP contribution in [-0.4, -0.2) is 56.7 Å². The molecule has 42 heavy (non-hydrogen) atoms. The molecule has 1 saturated carbocycles. The minimum absolute atomic E-state index is 0.0490. The van der Waals surface area contributed by atoms with E-state index in [0.717, 1.165) is 21.0 Å². The van der Waals surface area contributed by atoms with Crippen LogP contribution < -0.4 is 16.0 Å². The Morgan fingerprint density at radius 3 is 2.52 bits per heavy atom. The van der Waals surface area contributed by atoms with Gasteiger partial charge < -0.3 is 15.8 Å². The number of carbonyl (C=O) groups is 3. The first-order chi connectivity index (χ1) is 19.9. The average Bonchev–Trinajstić information content (AvgIpc) is 3.46. The Bertz CT molecular complexity index is 1410. The van der Waals surface area contributed by atoms with Crippen LogP contribution in [0.15, 0.2) is 46.9 Å². The van der Waals surface area contributed by atoms with Crippen LogP contribution in [0, 0.1) is 17.7 Å². The highest BCUT2D eigenvalue weighted by Gasteiger charge is 2.36. The number of tetrazole rings is 1. The maximum atomic E-state index is 15.2. The molecule has 2 aromatic carbocycles. The van der Waals surface area contributed by atoms with Gasteiger partial charge in [-0.2, -0.15) is 5.21 Å². The number of imide groups is 1. The van der Waals surface area contributed by atoms with Gasteiger partial charge in [-0.3, -0.25) is 9.59 Å². The number of nitrogens with two attached hydrogens (primary N) is 1. The van der Waals surface area contributed by atoms with Gasteiger partial charge in [0.15, 0.2) is 0 Å². The molecule has 1 atom stereocenters. The van der Waals surface area contributed by atoms with E-state index in [4.69, 9.17) is 10.5 Å². The van der Waals surface area contributed by atoms with Crippen molar-refractivity contribution in [1.29, 1.82) is 0 Å². The van der Waals surface area contributed by atoms with Crippen LogP contribution in [0.2, 0.25) is 0 Å².